The highest BCUT2D eigenvalue weighted by Crippen LogP contribution is 2.50. The Bertz CT molecular complexity index is 2490. The van der Waals surface area contributed by atoms with Gasteiger partial charge in [-0.05, 0) is 117 Å². The number of anilines is 1. The van der Waals surface area contributed by atoms with Crippen molar-refractivity contribution in [2.45, 2.75) is 122 Å². The van der Waals surface area contributed by atoms with Crippen molar-refractivity contribution in [3.8, 4) is 0 Å². The molecule has 3 saturated heterocycles. The molecule has 6 atom stereocenters. The number of halogens is 2. The number of rotatable bonds is 13. The first-order valence-electron chi connectivity index (χ1n) is 23.5. The van der Waals surface area contributed by atoms with Gasteiger partial charge in [0.1, 0.15) is 29.3 Å². The Morgan fingerprint density at radius 2 is 1.23 bits per heavy atom. The summed E-state index contributed by atoms with van der Waals surface area (Å²) in [5.41, 5.74) is 5.61. The minimum Gasteiger partial charge on any atom is -0.469 e. The van der Waals surface area contributed by atoms with E-state index >= 15 is 8.78 Å². The number of aromatic amines is 2. The summed E-state index contributed by atoms with van der Waals surface area (Å²) < 4.78 is 41.6. The maximum atomic E-state index is 16.0. The number of amides is 3. The first kappa shape index (κ1) is 45.1. The fraction of sp³-hybridized carbons (Fsp3) is 0.520. The van der Waals surface area contributed by atoms with Crippen LogP contribution in [0.5, 0.6) is 0 Å². The second kappa shape index (κ2) is 18.3. The molecule has 3 amide bonds. The fourth-order valence-corrected chi connectivity index (χ4v) is 10.7. The zero-order valence-electron chi connectivity index (χ0n) is 38.5. The van der Waals surface area contributed by atoms with E-state index in [1.807, 2.05) is 56.9 Å². The third kappa shape index (κ3) is 8.58. The van der Waals surface area contributed by atoms with Crippen molar-refractivity contribution >= 4 is 51.6 Å². The fourth-order valence-electron chi connectivity index (χ4n) is 10.7. The zero-order chi connectivity index (χ0) is 46.6. The Kier molecular flexibility index (Phi) is 12.5. The van der Waals surface area contributed by atoms with Crippen molar-refractivity contribution in [1.82, 2.24) is 35.1 Å². The summed E-state index contributed by atoms with van der Waals surface area (Å²) in [5, 5.41) is 2.71. The Balaban J connectivity index is 1.02. The van der Waals surface area contributed by atoms with Crippen LogP contribution < -0.4 is 10.2 Å². The van der Waals surface area contributed by atoms with Crippen LogP contribution in [0.25, 0.3) is 22.1 Å². The number of nitrogens with one attached hydrogen (secondary N) is 3. The first-order valence-corrected chi connectivity index (χ1v) is 23.5. The van der Waals surface area contributed by atoms with E-state index in [9.17, 15) is 19.2 Å². The monoisotopic (exact) mass is 906 g/mol. The Morgan fingerprint density at radius 1 is 0.697 bits per heavy atom. The van der Waals surface area contributed by atoms with Crippen molar-refractivity contribution in [3.05, 3.63) is 88.5 Å². The van der Waals surface area contributed by atoms with E-state index in [0.29, 0.717) is 49.7 Å². The van der Waals surface area contributed by atoms with Crippen LogP contribution in [0.4, 0.5) is 19.3 Å². The van der Waals surface area contributed by atoms with Gasteiger partial charge in [-0.1, -0.05) is 39.8 Å². The number of benzene rings is 3. The maximum Gasteiger partial charge on any atom is 0.407 e. The number of fused-ring (bicyclic) bond motifs is 2. The van der Waals surface area contributed by atoms with Gasteiger partial charge in [-0.2, -0.15) is 0 Å². The molecule has 14 nitrogen and oxygen atoms in total. The summed E-state index contributed by atoms with van der Waals surface area (Å²) in [5.74, 6) is -1.21. The van der Waals surface area contributed by atoms with E-state index in [1.54, 1.807) is 4.90 Å². The van der Waals surface area contributed by atoms with E-state index in [1.165, 1.54) is 26.4 Å². The van der Waals surface area contributed by atoms with E-state index in [2.05, 4.69) is 32.3 Å². The van der Waals surface area contributed by atoms with Gasteiger partial charge in [0.2, 0.25) is 11.8 Å². The van der Waals surface area contributed by atoms with Crippen molar-refractivity contribution < 1.29 is 37.4 Å². The average Bonchev–Trinajstić information content (AvgIpc) is 3.86. The summed E-state index contributed by atoms with van der Waals surface area (Å²) in [4.78, 5) is 74.9. The number of carbonyl (C=O) groups is 4. The van der Waals surface area contributed by atoms with Crippen LogP contribution in [0.15, 0.2) is 48.5 Å². The molecule has 3 N–H and O–H groups in total. The van der Waals surface area contributed by atoms with Gasteiger partial charge in [-0.15, -0.1) is 0 Å². The highest BCUT2D eigenvalue weighted by molar-refractivity contribution is 5.87. The molecule has 1 aliphatic carbocycles. The average molecular weight is 907 g/mol. The lowest BCUT2D eigenvalue weighted by Crippen LogP contribution is -2.51. The molecular weight excluding hydrogens is 847 g/mol. The Labute approximate surface area is 383 Å². The number of carbonyl (C=O) groups excluding carboxylic acids is 4. The Morgan fingerprint density at radius 3 is 1.70 bits per heavy atom. The lowest BCUT2D eigenvalue weighted by Gasteiger charge is -2.33. The predicted molar refractivity (Wildman–Crippen MR) is 244 cm³/mol. The first-order chi connectivity index (χ1) is 31.7. The van der Waals surface area contributed by atoms with Crippen LogP contribution in [-0.2, 0) is 23.9 Å². The van der Waals surface area contributed by atoms with Gasteiger partial charge in [0.05, 0.1) is 72.8 Å². The highest BCUT2D eigenvalue weighted by Gasteiger charge is 2.41. The van der Waals surface area contributed by atoms with E-state index < -0.39 is 35.7 Å². The summed E-state index contributed by atoms with van der Waals surface area (Å²) in [6.45, 7) is 8.76. The molecule has 1 saturated carbocycles. The van der Waals surface area contributed by atoms with Crippen LogP contribution in [0.1, 0.15) is 144 Å². The highest BCUT2D eigenvalue weighted by atomic mass is 19.1. The number of H-pyrrole nitrogens is 2. The number of aromatic nitrogens is 4. The molecular formula is C50H60F2N8O6. The third-order valence-corrected chi connectivity index (χ3v) is 14.4. The summed E-state index contributed by atoms with van der Waals surface area (Å²) >= 11 is 0. The van der Waals surface area contributed by atoms with Crippen LogP contribution in [0, 0.1) is 29.4 Å². The molecule has 0 spiro atoms. The smallest absolute Gasteiger partial charge is 0.407 e. The van der Waals surface area contributed by atoms with Crippen LogP contribution in [0.2, 0.25) is 0 Å². The summed E-state index contributed by atoms with van der Waals surface area (Å²) in [6, 6.07) is 13.3. The molecule has 5 aromatic rings. The number of likely N-dealkylation sites (tertiary alicyclic amines) is 2. The quantitative estimate of drug-likeness (QED) is 0.0977. The van der Waals surface area contributed by atoms with Gasteiger partial charge in [-0.25, -0.2) is 23.5 Å². The zero-order valence-corrected chi connectivity index (χ0v) is 38.5. The van der Waals surface area contributed by atoms with E-state index in [0.717, 1.165) is 65.3 Å². The standard InChI is InChI=1S/C50H60F2N8O6/c1-26(2)32(25-43(61)65-5)48(62)58-19-7-9-41(58)46-53-35-15-13-29(21-37(35)55-46)39-17-18-40(60(39)31-23-33(51)44(28-11-12-28)34(52)24-31)30-14-16-36-38(22-30)56-47(54-36)42-10-8-20-59(42)49(63)45(27(3)4)57-50(64)66-6/h13-16,21-24,26-28,32,39-42,45H,7-12,17-20,25H2,1-6H3,(H,53,55)(H,54,56)(H,57,64)/t32-,39+,40+,41-,42-,45?/m0/s1. The van der Waals surface area contributed by atoms with Crippen LogP contribution >= 0.6 is 0 Å². The second-order valence-corrected chi connectivity index (χ2v) is 19.3. The Hall–Kier alpha value is -6.06. The lowest BCUT2D eigenvalue weighted by atomic mass is 9.91. The van der Waals surface area contributed by atoms with Crippen molar-refractivity contribution in [3.63, 3.8) is 0 Å². The molecule has 0 bridgehead atoms. The number of hydrogen-bond donors (Lipinski definition) is 3. The number of esters is 1. The SMILES string of the molecule is COC(=O)C[C@H](C(=O)N1CCC[C@H]1c1nc2ccc([C@H]3CC[C@H](c4ccc5nc([C@@H]6CCCN6C(=O)C(NC(=O)OC)C(C)C)[nH]c5c4)N3c3cc(F)c(C4CC4)c(F)c3)cc2[nH]1)C(C)C. The van der Waals surface area contributed by atoms with E-state index in [-0.39, 0.29) is 65.7 Å². The number of imidazole rings is 2. The molecule has 350 valence electrons. The predicted octanol–water partition coefficient (Wildman–Crippen LogP) is 9.22. The molecule has 16 heteroatoms. The molecule has 2 aromatic heterocycles. The van der Waals surface area contributed by atoms with Crippen LogP contribution in [-0.4, -0.2) is 87.0 Å². The van der Waals surface area contributed by atoms with E-state index in [4.69, 9.17) is 19.4 Å². The third-order valence-electron chi connectivity index (χ3n) is 14.4. The molecule has 4 fully saturated rings. The molecule has 0 radical (unpaired) electrons. The van der Waals surface area contributed by atoms with Crippen molar-refractivity contribution in [1.29, 1.82) is 0 Å². The van der Waals surface area contributed by atoms with Gasteiger partial charge in [0.25, 0.3) is 0 Å². The molecule has 3 aromatic carbocycles. The van der Waals surface area contributed by atoms with Gasteiger partial charge in [0, 0.05) is 24.3 Å². The molecule has 3 aliphatic heterocycles. The number of alkyl carbamates (subject to hydrolysis) is 1. The number of ether oxygens (including phenoxy) is 2. The normalized spacial score (nSPS) is 21.9. The molecule has 4 aliphatic rings. The number of hydrogen-bond acceptors (Lipinski definition) is 9. The minimum absolute atomic E-state index is 0.0196. The summed E-state index contributed by atoms with van der Waals surface area (Å²) in [7, 11) is 2.61. The summed E-state index contributed by atoms with van der Waals surface area (Å²) in [6.07, 6.45) is 5.35. The van der Waals surface area contributed by atoms with Crippen molar-refractivity contribution in [2.75, 3.05) is 32.2 Å². The van der Waals surface area contributed by atoms with Crippen molar-refractivity contribution in [2.24, 2.45) is 17.8 Å². The molecule has 9 rings (SSSR count). The number of methoxy groups -OCH3 is 2. The molecule has 66 heavy (non-hydrogen) atoms. The van der Waals surface area contributed by atoms with Gasteiger partial charge < -0.3 is 39.5 Å². The number of nitrogens with zero attached hydrogens (tertiary/aromatic N) is 5. The molecule has 1 unspecified atom stereocenters. The van der Waals surface area contributed by atoms with Gasteiger partial charge in [-0.3, -0.25) is 14.4 Å². The van der Waals surface area contributed by atoms with Gasteiger partial charge in [0.15, 0.2) is 0 Å². The molecule has 5 heterocycles. The second-order valence-electron chi connectivity index (χ2n) is 19.3. The van der Waals surface area contributed by atoms with Crippen LogP contribution in [0.3, 0.4) is 0 Å². The minimum atomic E-state index is -0.754. The topological polar surface area (TPSA) is 166 Å². The lowest BCUT2D eigenvalue weighted by molar-refractivity contribution is -0.148. The maximum absolute atomic E-state index is 16.0. The van der Waals surface area contributed by atoms with Gasteiger partial charge >= 0.3 is 12.1 Å². The largest absolute Gasteiger partial charge is 0.469 e.